The van der Waals surface area contributed by atoms with E-state index in [4.69, 9.17) is 14.5 Å². The molecule has 2 heterocycles. The molecule has 5 rings (SSSR count). The van der Waals surface area contributed by atoms with Gasteiger partial charge in [0.05, 0.1) is 19.2 Å². The van der Waals surface area contributed by atoms with E-state index in [9.17, 15) is 9.59 Å². The molecule has 2 aromatic carbocycles. The third-order valence-corrected chi connectivity index (χ3v) is 9.53. The maximum atomic E-state index is 14.7. The van der Waals surface area contributed by atoms with Crippen LogP contribution in [0.5, 0.6) is 5.75 Å². The van der Waals surface area contributed by atoms with Gasteiger partial charge in [0.1, 0.15) is 23.7 Å². The van der Waals surface area contributed by atoms with Crippen molar-refractivity contribution in [3.8, 4) is 5.75 Å². The fourth-order valence-corrected chi connectivity index (χ4v) is 6.77. The van der Waals surface area contributed by atoms with E-state index in [1.54, 1.807) is 7.11 Å². The van der Waals surface area contributed by atoms with Gasteiger partial charge in [-0.05, 0) is 85.6 Å². The number of carbonyl (C=O) groups excluding carboxylic acids is 2. The summed E-state index contributed by atoms with van der Waals surface area (Å²) in [5.41, 5.74) is 10.3. The zero-order valence-electron chi connectivity index (χ0n) is 28.7. The van der Waals surface area contributed by atoms with Gasteiger partial charge in [0, 0.05) is 18.2 Å². The topological polar surface area (TPSA) is 129 Å². The van der Waals surface area contributed by atoms with Crippen molar-refractivity contribution in [2.45, 2.75) is 84.8 Å². The Hall–Kier alpha value is -3.96. The number of nitrogens with zero attached hydrogens (tertiary/aromatic N) is 3. The number of hydrazine groups is 2. The highest BCUT2D eigenvalue weighted by Gasteiger charge is 2.52. The summed E-state index contributed by atoms with van der Waals surface area (Å²) in [6.07, 6.45) is 5.39. The lowest BCUT2D eigenvalue weighted by atomic mass is 9.75. The van der Waals surface area contributed by atoms with Gasteiger partial charge in [-0.3, -0.25) is 20.0 Å². The van der Waals surface area contributed by atoms with Crippen molar-refractivity contribution in [2.75, 3.05) is 26.9 Å². The largest absolute Gasteiger partial charge is 0.491 e. The monoisotopic (exact) mass is 645 g/mol. The summed E-state index contributed by atoms with van der Waals surface area (Å²) in [5.74, 6) is 2.23. The second kappa shape index (κ2) is 14.9. The van der Waals surface area contributed by atoms with E-state index in [1.807, 2.05) is 48.5 Å². The number of methoxy groups -OCH3 is 1. The molecule has 1 saturated carbocycles. The quantitative estimate of drug-likeness (QED) is 0.223. The number of amidine groups is 1. The summed E-state index contributed by atoms with van der Waals surface area (Å²) in [6.45, 7) is 12.5. The van der Waals surface area contributed by atoms with E-state index >= 15 is 0 Å². The first-order chi connectivity index (χ1) is 22.5. The van der Waals surface area contributed by atoms with E-state index in [1.165, 1.54) is 0 Å². The Labute approximate surface area is 278 Å². The molecule has 0 unspecified atom stereocenters. The van der Waals surface area contributed by atoms with Crippen LogP contribution in [0.1, 0.15) is 101 Å². The van der Waals surface area contributed by atoms with Crippen molar-refractivity contribution in [1.82, 2.24) is 26.7 Å². The average molecular weight is 646 g/mol. The molecule has 3 aliphatic rings. The van der Waals surface area contributed by atoms with Gasteiger partial charge >= 0.3 is 0 Å². The molecule has 47 heavy (non-hydrogen) atoms. The number of carbonyl (C=O) groups is 2. The molecule has 11 nitrogen and oxygen atoms in total. The number of ether oxygens (including phenoxy) is 2. The predicted octanol–water partition coefficient (Wildman–Crippen LogP) is 5.11. The lowest BCUT2D eigenvalue weighted by Gasteiger charge is -2.46. The van der Waals surface area contributed by atoms with Crippen LogP contribution in [0.3, 0.4) is 0 Å². The van der Waals surface area contributed by atoms with Gasteiger partial charge < -0.3 is 19.7 Å². The lowest BCUT2D eigenvalue weighted by molar-refractivity contribution is -0.133. The second-order valence-corrected chi connectivity index (χ2v) is 14.4. The van der Waals surface area contributed by atoms with Crippen molar-refractivity contribution >= 4 is 23.4 Å². The summed E-state index contributed by atoms with van der Waals surface area (Å²) >= 11 is 0. The summed E-state index contributed by atoms with van der Waals surface area (Å²) in [5, 5.41) is 6.89. The molecule has 1 atom stereocenters. The van der Waals surface area contributed by atoms with Crippen LogP contribution in [0.25, 0.3) is 0 Å². The lowest BCUT2D eigenvalue weighted by Crippen LogP contribution is -2.51. The molecule has 11 heteroatoms. The normalized spacial score (nSPS) is 21.7. The van der Waals surface area contributed by atoms with E-state index in [0.717, 1.165) is 49.7 Å². The zero-order valence-corrected chi connectivity index (χ0v) is 28.7. The van der Waals surface area contributed by atoms with Gasteiger partial charge in [-0.2, -0.15) is 0 Å². The van der Waals surface area contributed by atoms with Gasteiger partial charge in [-0.1, -0.05) is 58.9 Å². The van der Waals surface area contributed by atoms with Gasteiger partial charge in [0.2, 0.25) is 0 Å². The van der Waals surface area contributed by atoms with E-state index in [2.05, 4.69) is 66.4 Å². The minimum atomic E-state index is -0.625. The highest BCUT2D eigenvalue weighted by molar-refractivity contribution is 6.46. The van der Waals surface area contributed by atoms with Crippen molar-refractivity contribution in [1.29, 1.82) is 0 Å². The SMILES string of the molecule is COCCOc1cccc(C2=NC3(CCC(C(C)C)CC3)N([C@H](CCC(C)(C)C)c3ccc(C(=O)NCC4=NNNN4)cc3)C2=O)c1. The minimum absolute atomic E-state index is 0.0465. The van der Waals surface area contributed by atoms with Crippen LogP contribution in [-0.2, 0) is 9.53 Å². The fourth-order valence-electron chi connectivity index (χ4n) is 6.77. The Kier molecular flexibility index (Phi) is 10.9. The molecule has 0 saturated heterocycles. The minimum Gasteiger partial charge on any atom is -0.491 e. The van der Waals surface area contributed by atoms with Gasteiger partial charge in [-0.25, -0.2) is 5.53 Å². The summed E-state index contributed by atoms with van der Waals surface area (Å²) in [7, 11) is 1.65. The smallest absolute Gasteiger partial charge is 0.275 e. The first-order valence-electron chi connectivity index (χ1n) is 16.9. The predicted molar refractivity (Wildman–Crippen MR) is 184 cm³/mol. The Morgan fingerprint density at radius 1 is 1.11 bits per heavy atom. The Bertz CT molecular complexity index is 1460. The molecule has 2 amide bonds. The number of hydrogen-bond acceptors (Lipinski definition) is 9. The number of hydrogen-bond donors (Lipinski definition) is 4. The molecule has 254 valence electrons. The first kappa shape index (κ1) is 34.4. The van der Waals surface area contributed by atoms with Crippen molar-refractivity contribution < 1.29 is 19.1 Å². The molecule has 4 N–H and O–H groups in total. The summed E-state index contributed by atoms with van der Waals surface area (Å²) in [6, 6.07) is 15.2. The molecule has 2 aromatic rings. The third kappa shape index (κ3) is 8.31. The van der Waals surface area contributed by atoms with Crippen molar-refractivity contribution in [3.05, 3.63) is 65.2 Å². The third-order valence-electron chi connectivity index (χ3n) is 9.53. The average Bonchev–Trinajstić information content (AvgIpc) is 3.67. The van der Waals surface area contributed by atoms with Crippen LogP contribution in [-0.4, -0.2) is 60.8 Å². The Morgan fingerprint density at radius 3 is 2.49 bits per heavy atom. The first-order valence-corrected chi connectivity index (χ1v) is 16.9. The standard InChI is InChI=1S/C36H51N7O4/c1-24(2)25-14-18-36(19-15-25)38-32(28-8-7-9-29(22-28)47-21-20-46-6)34(45)43(36)30(16-17-35(3,4)5)26-10-12-27(13-11-26)33(44)37-23-31-39-41-42-40-31/h7-13,22,24-25,30,41-42H,14-21,23H2,1-6H3,(H,37,44)(H,39,40)/t25?,30-,36?/m1/s1. The van der Waals surface area contributed by atoms with Crippen LogP contribution in [0.2, 0.25) is 0 Å². The van der Waals surface area contributed by atoms with Crippen LogP contribution >= 0.6 is 0 Å². The Balaban J connectivity index is 1.47. The van der Waals surface area contributed by atoms with Gasteiger partial charge in [0.15, 0.2) is 5.84 Å². The van der Waals surface area contributed by atoms with Crippen molar-refractivity contribution in [2.24, 2.45) is 27.3 Å². The molecular formula is C36H51N7O4. The molecule has 2 aliphatic heterocycles. The molecule has 1 fully saturated rings. The molecule has 0 bridgehead atoms. The van der Waals surface area contributed by atoms with E-state index in [-0.39, 0.29) is 29.8 Å². The number of rotatable bonds is 13. The zero-order chi connectivity index (χ0) is 33.6. The highest BCUT2D eigenvalue weighted by Crippen LogP contribution is 2.48. The number of benzene rings is 2. The maximum Gasteiger partial charge on any atom is 0.275 e. The fraction of sp³-hybridized carbons (Fsp3) is 0.556. The molecule has 1 aliphatic carbocycles. The summed E-state index contributed by atoms with van der Waals surface area (Å²) < 4.78 is 11.1. The van der Waals surface area contributed by atoms with Gasteiger partial charge in [-0.15, -0.1) is 10.6 Å². The van der Waals surface area contributed by atoms with E-state index in [0.29, 0.717) is 47.9 Å². The van der Waals surface area contributed by atoms with Crippen LogP contribution in [0.15, 0.2) is 58.6 Å². The van der Waals surface area contributed by atoms with Crippen LogP contribution < -0.4 is 26.5 Å². The number of amides is 2. The van der Waals surface area contributed by atoms with Gasteiger partial charge in [0.25, 0.3) is 11.8 Å². The molecule has 0 aromatic heterocycles. The number of hydrazone groups is 1. The molecule has 1 spiro atoms. The number of aliphatic imine (C=N–C) groups is 1. The second-order valence-electron chi connectivity index (χ2n) is 14.4. The van der Waals surface area contributed by atoms with E-state index < -0.39 is 5.66 Å². The molecular weight excluding hydrogens is 594 g/mol. The molecule has 0 radical (unpaired) electrons. The highest BCUT2D eigenvalue weighted by atomic mass is 16.5. The summed E-state index contributed by atoms with van der Waals surface area (Å²) in [4.78, 5) is 35.1. The van der Waals surface area contributed by atoms with Crippen LogP contribution in [0, 0.1) is 17.3 Å². The van der Waals surface area contributed by atoms with Crippen LogP contribution in [0.4, 0.5) is 0 Å². The Morgan fingerprint density at radius 2 is 1.85 bits per heavy atom. The number of nitrogens with one attached hydrogen (secondary N) is 4. The maximum absolute atomic E-state index is 14.7. The van der Waals surface area contributed by atoms with Crippen molar-refractivity contribution in [3.63, 3.8) is 0 Å².